The Hall–Kier alpha value is -2.50. The molecule has 5 nitrogen and oxygen atoms in total. The van der Waals surface area contributed by atoms with Gasteiger partial charge in [0, 0.05) is 12.1 Å². The molecule has 3 rings (SSSR count). The molecule has 1 aliphatic heterocycles. The summed E-state index contributed by atoms with van der Waals surface area (Å²) in [4.78, 5) is 27.1. The van der Waals surface area contributed by atoms with Crippen LogP contribution < -0.4 is 4.74 Å². The van der Waals surface area contributed by atoms with E-state index in [1.54, 1.807) is 0 Å². The summed E-state index contributed by atoms with van der Waals surface area (Å²) in [6.07, 6.45) is 1.55. The van der Waals surface area contributed by atoms with Crippen molar-refractivity contribution in [1.29, 1.82) is 0 Å². The minimum Gasteiger partial charge on any atom is -0.507 e. The molecule has 1 heterocycles. The zero-order valence-corrected chi connectivity index (χ0v) is 18.5. The third-order valence-electron chi connectivity index (χ3n) is 5.18. The fraction of sp³-hybridized carbons (Fsp3) is 0.304. The van der Waals surface area contributed by atoms with E-state index in [0.29, 0.717) is 13.0 Å². The van der Waals surface area contributed by atoms with Crippen molar-refractivity contribution in [2.24, 2.45) is 0 Å². The van der Waals surface area contributed by atoms with Gasteiger partial charge < -0.3 is 14.7 Å². The summed E-state index contributed by atoms with van der Waals surface area (Å²) in [5.41, 5.74) is 2.16. The Bertz CT molecular complexity index is 991. The molecule has 1 unspecified atom stereocenters. The molecule has 2 aromatic rings. The van der Waals surface area contributed by atoms with Gasteiger partial charge in [-0.2, -0.15) is 0 Å². The average molecular weight is 448 g/mol. The number of ether oxygens (including phenoxy) is 1. The summed E-state index contributed by atoms with van der Waals surface area (Å²) in [6.45, 7) is 4.38. The van der Waals surface area contributed by atoms with Gasteiger partial charge in [0.2, 0.25) is 0 Å². The average Bonchev–Trinajstić information content (AvgIpc) is 2.98. The number of aliphatic hydroxyl groups excluding tert-OH is 1. The molecule has 0 bridgehead atoms. The maximum absolute atomic E-state index is 12.9. The topological polar surface area (TPSA) is 66.8 Å². The van der Waals surface area contributed by atoms with Crippen LogP contribution in [0.25, 0.3) is 5.76 Å². The van der Waals surface area contributed by atoms with Crippen molar-refractivity contribution < 1.29 is 19.4 Å². The van der Waals surface area contributed by atoms with E-state index in [1.165, 1.54) is 24.1 Å². The first-order chi connectivity index (χ1) is 14.3. The van der Waals surface area contributed by atoms with Gasteiger partial charge in [-0.15, -0.1) is 0 Å². The quantitative estimate of drug-likeness (QED) is 0.365. The Morgan fingerprint density at radius 2 is 1.70 bits per heavy atom. The fourth-order valence-corrected chi connectivity index (χ4v) is 4.32. The summed E-state index contributed by atoms with van der Waals surface area (Å²) in [7, 11) is 1.43. The van der Waals surface area contributed by atoms with E-state index in [9.17, 15) is 14.7 Å². The number of nitrogens with zero attached hydrogens (tertiary/aromatic N) is 1. The minimum absolute atomic E-state index is 0.0231. The lowest BCUT2D eigenvalue weighted by atomic mass is 9.94. The Labute approximate surface area is 185 Å². The summed E-state index contributed by atoms with van der Waals surface area (Å²) < 4.78 is 5.14. The molecule has 1 amide bonds. The van der Waals surface area contributed by atoms with Gasteiger partial charge in [-0.3, -0.25) is 9.59 Å². The van der Waals surface area contributed by atoms with Crippen LogP contribution >= 0.6 is 23.2 Å². The van der Waals surface area contributed by atoms with Crippen LogP contribution in [0.3, 0.4) is 0 Å². The van der Waals surface area contributed by atoms with Crippen LogP contribution in [0.2, 0.25) is 10.0 Å². The molecule has 0 aromatic heterocycles. The van der Waals surface area contributed by atoms with Crippen LogP contribution in [0.15, 0.2) is 42.0 Å². The number of halogens is 2. The number of methoxy groups -OCH3 is 1. The van der Waals surface area contributed by atoms with Crippen LogP contribution in [0, 0.1) is 0 Å². The third-order valence-corrected chi connectivity index (χ3v) is 5.75. The Morgan fingerprint density at radius 1 is 1.10 bits per heavy atom. The first-order valence-electron chi connectivity index (χ1n) is 9.74. The SMILES string of the molecule is CCCN1C(=O)C(=O)/C(=C(/O)c2cc(Cl)c(OC)c(Cl)c2)C1c1ccc(CC)cc1. The highest BCUT2D eigenvalue weighted by Gasteiger charge is 2.45. The fourth-order valence-electron chi connectivity index (χ4n) is 3.68. The van der Waals surface area contributed by atoms with Gasteiger partial charge in [0.15, 0.2) is 5.75 Å². The molecule has 0 radical (unpaired) electrons. The molecular formula is C23H23Cl2NO4. The van der Waals surface area contributed by atoms with Crippen molar-refractivity contribution in [3.63, 3.8) is 0 Å². The molecule has 1 N–H and O–H groups in total. The summed E-state index contributed by atoms with van der Waals surface area (Å²) in [5, 5.41) is 11.4. The zero-order valence-electron chi connectivity index (χ0n) is 17.0. The van der Waals surface area contributed by atoms with Crippen molar-refractivity contribution >= 4 is 40.7 Å². The first-order valence-corrected chi connectivity index (χ1v) is 10.5. The number of ketones is 1. The Kier molecular flexibility index (Phi) is 6.74. The number of benzene rings is 2. The second-order valence-electron chi connectivity index (χ2n) is 7.06. The number of aryl methyl sites for hydroxylation is 1. The second-order valence-corrected chi connectivity index (χ2v) is 7.88. The normalized spacial score (nSPS) is 18.2. The molecular weight excluding hydrogens is 425 g/mol. The number of amides is 1. The van der Waals surface area contributed by atoms with Crippen LogP contribution in [0.5, 0.6) is 5.75 Å². The molecule has 0 aliphatic carbocycles. The molecule has 0 saturated carbocycles. The van der Waals surface area contributed by atoms with E-state index in [4.69, 9.17) is 27.9 Å². The number of carbonyl (C=O) groups is 2. The molecule has 1 atom stereocenters. The first kappa shape index (κ1) is 22.2. The number of Topliss-reactive ketones (excluding diaryl/α,β-unsaturated/α-hetero) is 1. The van der Waals surface area contributed by atoms with Gasteiger partial charge in [0.25, 0.3) is 11.7 Å². The smallest absolute Gasteiger partial charge is 0.295 e. The predicted molar refractivity (Wildman–Crippen MR) is 118 cm³/mol. The second kappa shape index (κ2) is 9.11. The van der Waals surface area contributed by atoms with Gasteiger partial charge in [-0.1, -0.05) is 61.3 Å². The third kappa shape index (κ3) is 3.92. The summed E-state index contributed by atoms with van der Waals surface area (Å²) in [5.74, 6) is -1.40. The van der Waals surface area contributed by atoms with E-state index >= 15 is 0 Å². The van der Waals surface area contributed by atoms with Crippen LogP contribution in [-0.4, -0.2) is 35.4 Å². The number of hydrogen-bond acceptors (Lipinski definition) is 4. The van der Waals surface area contributed by atoms with Gasteiger partial charge in [-0.25, -0.2) is 0 Å². The lowest BCUT2D eigenvalue weighted by Gasteiger charge is -2.25. The lowest BCUT2D eigenvalue weighted by molar-refractivity contribution is -0.139. The number of likely N-dealkylation sites (tertiary alicyclic amines) is 1. The van der Waals surface area contributed by atoms with E-state index in [2.05, 4.69) is 6.92 Å². The van der Waals surface area contributed by atoms with Crippen molar-refractivity contribution in [2.45, 2.75) is 32.7 Å². The summed E-state index contributed by atoms with van der Waals surface area (Å²) >= 11 is 12.4. The highest BCUT2D eigenvalue weighted by Crippen LogP contribution is 2.42. The Balaban J connectivity index is 2.20. The molecule has 1 aliphatic rings. The van der Waals surface area contributed by atoms with E-state index in [-0.39, 0.29) is 32.7 Å². The van der Waals surface area contributed by atoms with Crippen molar-refractivity contribution in [3.8, 4) is 5.75 Å². The number of rotatable bonds is 6. The van der Waals surface area contributed by atoms with Gasteiger partial charge in [-0.05, 0) is 36.1 Å². The van der Waals surface area contributed by atoms with E-state index in [1.807, 2.05) is 31.2 Å². The van der Waals surface area contributed by atoms with Gasteiger partial charge >= 0.3 is 0 Å². The van der Waals surface area contributed by atoms with Gasteiger partial charge in [0.1, 0.15) is 5.76 Å². The van der Waals surface area contributed by atoms with E-state index < -0.39 is 17.7 Å². The monoisotopic (exact) mass is 447 g/mol. The maximum Gasteiger partial charge on any atom is 0.295 e. The highest BCUT2D eigenvalue weighted by atomic mass is 35.5. The van der Waals surface area contributed by atoms with Crippen LogP contribution in [0.1, 0.15) is 43.0 Å². The lowest BCUT2D eigenvalue weighted by Crippen LogP contribution is -2.30. The highest BCUT2D eigenvalue weighted by molar-refractivity contribution is 6.46. The number of carbonyl (C=O) groups excluding carboxylic acids is 2. The number of aliphatic hydroxyl groups is 1. The maximum atomic E-state index is 12.9. The van der Waals surface area contributed by atoms with Crippen molar-refractivity contribution in [1.82, 2.24) is 4.90 Å². The van der Waals surface area contributed by atoms with Crippen LogP contribution in [0.4, 0.5) is 0 Å². The van der Waals surface area contributed by atoms with E-state index in [0.717, 1.165) is 17.5 Å². The summed E-state index contributed by atoms with van der Waals surface area (Å²) in [6, 6.07) is 9.94. The predicted octanol–water partition coefficient (Wildman–Crippen LogP) is 5.40. The molecule has 0 spiro atoms. The molecule has 1 fully saturated rings. The standard InChI is InChI=1S/C23H23Cl2NO4/c1-4-10-26-19(14-8-6-13(5-2)7-9-14)18(21(28)23(26)29)20(27)15-11-16(24)22(30-3)17(25)12-15/h6-9,11-12,19,27H,4-5,10H2,1-3H3/b20-18+. The number of hydrogen-bond donors (Lipinski definition) is 1. The van der Waals surface area contributed by atoms with Crippen LogP contribution in [-0.2, 0) is 16.0 Å². The Morgan fingerprint density at radius 3 is 2.20 bits per heavy atom. The largest absolute Gasteiger partial charge is 0.507 e. The van der Waals surface area contributed by atoms with Crippen molar-refractivity contribution in [3.05, 3.63) is 68.7 Å². The molecule has 2 aromatic carbocycles. The van der Waals surface area contributed by atoms with Crippen molar-refractivity contribution in [2.75, 3.05) is 13.7 Å². The zero-order chi connectivity index (χ0) is 22.0. The van der Waals surface area contributed by atoms with Gasteiger partial charge in [0.05, 0.1) is 28.8 Å². The minimum atomic E-state index is -0.728. The molecule has 7 heteroatoms. The molecule has 158 valence electrons. The molecule has 1 saturated heterocycles. The molecule has 30 heavy (non-hydrogen) atoms.